The Balaban J connectivity index is 1.51. The van der Waals surface area contributed by atoms with Crippen molar-refractivity contribution >= 4 is 40.1 Å². The van der Waals surface area contributed by atoms with E-state index < -0.39 is 5.25 Å². The Morgan fingerprint density at radius 1 is 1.14 bits per heavy atom. The molecular formula is C23H25N3O2S. The number of nitrogens with one attached hydrogen (secondary N) is 1. The lowest BCUT2D eigenvalue weighted by atomic mass is 10.1. The first-order chi connectivity index (χ1) is 13.9. The van der Waals surface area contributed by atoms with Gasteiger partial charge in [-0.25, -0.2) is 4.99 Å². The Labute approximate surface area is 175 Å². The van der Waals surface area contributed by atoms with Gasteiger partial charge in [0.05, 0.1) is 5.69 Å². The van der Waals surface area contributed by atoms with Gasteiger partial charge >= 0.3 is 0 Å². The average molecular weight is 408 g/mol. The van der Waals surface area contributed by atoms with Crippen LogP contribution in [0, 0.1) is 20.8 Å². The van der Waals surface area contributed by atoms with Crippen LogP contribution in [0.2, 0.25) is 0 Å². The van der Waals surface area contributed by atoms with Crippen molar-refractivity contribution in [3.05, 3.63) is 59.2 Å². The number of hydrogen-bond donors (Lipinski definition) is 1. The molecule has 5 nitrogen and oxygen atoms in total. The molecule has 1 heterocycles. The summed E-state index contributed by atoms with van der Waals surface area (Å²) < 4.78 is 0. The minimum atomic E-state index is -0.427. The number of rotatable bonds is 5. The van der Waals surface area contributed by atoms with Gasteiger partial charge < -0.3 is 5.32 Å². The van der Waals surface area contributed by atoms with Crippen LogP contribution in [0.3, 0.4) is 0 Å². The maximum Gasteiger partial charge on any atom is 0.242 e. The first kappa shape index (κ1) is 19.7. The van der Waals surface area contributed by atoms with Gasteiger partial charge in [0, 0.05) is 18.2 Å². The zero-order chi connectivity index (χ0) is 20.5. The minimum Gasteiger partial charge on any atom is -0.326 e. The zero-order valence-electron chi connectivity index (χ0n) is 16.9. The Kier molecular flexibility index (Phi) is 5.46. The van der Waals surface area contributed by atoms with Crippen molar-refractivity contribution in [2.75, 3.05) is 5.32 Å². The van der Waals surface area contributed by atoms with Crippen LogP contribution in [0.15, 0.2) is 47.5 Å². The zero-order valence-corrected chi connectivity index (χ0v) is 17.8. The number of aryl methyl sites for hydroxylation is 3. The molecule has 2 aromatic rings. The minimum absolute atomic E-state index is 0.000517. The molecule has 0 unspecified atom stereocenters. The second-order valence-electron chi connectivity index (χ2n) is 7.80. The Morgan fingerprint density at radius 2 is 1.83 bits per heavy atom. The molecule has 150 valence electrons. The predicted molar refractivity (Wildman–Crippen MR) is 119 cm³/mol. The molecule has 0 aromatic heterocycles. The second kappa shape index (κ2) is 8.03. The van der Waals surface area contributed by atoms with E-state index in [9.17, 15) is 9.59 Å². The summed E-state index contributed by atoms with van der Waals surface area (Å²) >= 11 is 1.41. The molecule has 1 aliphatic carbocycles. The molecule has 2 aliphatic rings. The van der Waals surface area contributed by atoms with Gasteiger partial charge in [-0.05, 0) is 62.4 Å². The van der Waals surface area contributed by atoms with Crippen molar-refractivity contribution in [3.8, 4) is 0 Å². The number of para-hydroxylation sites is 1. The van der Waals surface area contributed by atoms with E-state index in [2.05, 4.69) is 5.32 Å². The number of amidine groups is 1. The molecule has 1 aliphatic heterocycles. The third kappa shape index (κ3) is 4.37. The maximum absolute atomic E-state index is 13.0. The summed E-state index contributed by atoms with van der Waals surface area (Å²) in [5.74, 6) is -0.138. The third-order valence-corrected chi connectivity index (χ3v) is 6.37. The Hall–Kier alpha value is -2.60. The van der Waals surface area contributed by atoms with Gasteiger partial charge in [-0.1, -0.05) is 42.1 Å². The van der Waals surface area contributed by atoms with Crippen LogP contribution in [-0.2, 0) is 9.59 Å². The number of carbonyl (C=O) groups is 2. The molecule has 2 amide bonds. The van der Waals surface area contributed by atoms with Crippen LogP contribution in [0.1, 0.15) is 36.0 Å². The summed E-state index contributed by atoms with van der Waals surface area (Å²) in [6.07, 6.45) is 2.15. The molecule has 1 atom stereocenters. The van der Waals surface area contributed by atoms with Gasteiger partial charge in [0.15, 0.2) is 5.17 Å². The van der Waals surface area contributed by atoms with Crippen molar-refractivity contribution in [2.24, 2.45) is 4.99 Å². The lowest BCUT2D eigenvalue weighted by Gasteiger charge is -2.15. The number of benzene rings is 2. The van der Waals surface area contributed by atoms with E-state index in [1.165, 1.54) is 11.8 Å². The molecule has 2 aromatic carbocycles. The normalized spacial score (nSPS) is 20.4. The fourth-order valence-electron chi connectivity index (χ4n) is 3.54. The summed E-state index contributed by atoms with van der Waals surface area (Å²) in [4.78, 5) is 32.2. The smallest absolute Gasteiger partial charge is 0.242 e. The second-order valence-corrected chi connectivity index (χ2v) is 8.97. The van der Waals surface area contributed by atoms with Crippen LogP contribution >= 0.6 is 11.8 Å². The van der Waals surface area contributed by atoms with Crippen LogP contribution < -0.4 is 5.32 Å². The van der Waals surface area contributed by atoms with Gasteiger partial charge in [0.25, 0.3) is 0 Å². The maximum atomic E-state index is 13.0. The fourth-order valence-corrected chi connectivity index (χ4v) is 4.75. The molecule has 2 fully saturated rings. The van der Waals surface area contributed by atoms with Crippen molar-refractivity contribution in [1.82, 2.24) is 4.90 Å². The van der Waals surface area contributed by atoms with Crippen LogP contribution in [0.25, 0.3) is 0 Å². The lowest BCUT2D eigenvalue weighted by Crippen LogP contribution is -2.35. The monoisotopic (exact) mass is 407 g/mol. The molecule has 6 heteroatoms. The average Bonchev–Trinajstić information content (AvgIpc) is 3.45. The summed E-state index contributed by atoms with van der Waals surface area (Å²) in [5.41, 5.74) is 4.84. The van der Waals surface area contributed by atoms with E-state index in [1.807, 2.05) is 68.1 Å². The van der Waals surface area contributed by atoms with Crippen molar-refractivity contribution < 1.29 is 9.59 Å². The van der Waals surface area contributed by atoms with Crippen molar-refractivity contribution in [1.29, 1.82) is 0 Å². The highest BCUT2D eigenvalue weighted by molar-refractivity contribution is 8.15. The number of anilines is 1. The van der Waals surface area contributed by atoms with Gasteiger partial charge in [0.2, 0.25) is 11.8 Å². The van der Waals surface area contributed by atoms with E-state index >= 15 is 0 Å². The highest BCUT2D eigenvalue weighted by atomic mass is 32.2. The molecule has 1 saturated carbocycles. The van der Waals surface area contributed by atoms with Crippen LogP contribution in [-0.4, -0.2) is 33.2 Å². The molecule has 0 bridgehead atoms. The molecule has 1 saturated heterocycles. The van der Waals surface area contributed by atoms with Crippen LogP contribution in [0.4, 0.5) is 11.4 Å². The molecule has 0 spiro atoms. The van der Waals surface area contributed by atoms with Crippen LogP contribution in [0.5, 0.6) is 0 Å². The summed E-state index contributed by atoms with van der Waals surface area (Å²) in [7, 11) is 0. The topological polar surface area (TPSA) is 61.8 Å². The van der Waals surface area contributed by atoms with Gasteiger partial charge in [-0.15, -0.1) is 0 Å². The highest BCUT2D eigenvalue weighted by Gasteiger charge is 2.46. The van der Waals surface area contributed by atoms with E-state index in [1.54, 1.807) is 0 Å². The van der Waals surface area contributed by atoms with Crippen molar-refractivity contribution in [2.45, 2.75) is 51.3 Å². The molecule has 29 heavy (non-hydrogen) atoms. The predicted octanol–water partition coefficient (Wildman–Crippen LogP) is 4.73. The molecule has 0 radical (unpaired) electrons. The summed E-state index contributed by atoms with van der Waals surface area (Å²) in [5, 5.41) is 3.28. The van der Waals surface area contributed by atoms with Gasteiger partial charge in [0.1, 0.15) is 5.25 Å². The number of hydrogen-bond acceptors (Lipinski definition) is 4. The quantitative estimate of drug-likeness (QED) is 0.779. The molecular weight excluding hydrogens is 382 g/mol. The van der Waals surface area contributed by atoms with Gasteiger partial charge in [-0.2, -0.15) is 0 Å². The first-order valence-electron chi connectivity index (χ1n) is 9.93. The van der Waals surface area contributed by atoms with E-state index in [0.717, 1.165) is 40.9 Å². The van der Waals surface area contributed by atoms with Crippen molar-refractivity contribution in [3.63, 3.8) is 0 Å². The highest BCUT2D eigenvalue weighted by Crippen LogP contribution is 2.39. The van der Waals surface area contributed by atoms with E-state index in [-0.39, 0.29) is 24.3 Å². The Bertz CT molecular complexity index is 977. The number of aliphatic imine (C=N–C) groups is 1. The number of carbonyl (C=O) groups excluding carboxylic acids is 2. The lowest BCUT2D eigenvalue weighted by molar-refractivity contribution is -0.128. The summed E-state index contributed by atoms with van der Waals surface area (Å²) in [6, 6.07) is 14.1. The van der Waals surface area contributed by atoms with E-state index in [0.29, 0.717) is 5.17 Å². The summed E-state index contributed by atoms with van der Waals surface area (Å²) in [6.45, 7) is 5.97. The van der Waals surface area contributed by atoms with E-state index in [4.69, 9.17) is 4.99 Å². The Morgan fingerprint density at radius 3 is 2.48 bits per heavy atom. The number of nitrogens with zero attached hydrogens (tertiary/aromatic N) is 2. The first-order valence-corrected chi connectivity index (χ1v) is 10.8. The SMILES string of the molecule is Cc1cccc(N=C2S[C@@H](CC(=O)Nc3c(C)cccc3C)C(=O)N2C2CC2)c1. The number of thioether (sulfide) groups is 1. The largest absolute Gasteiger partial charge is 0.326 e. The van der Waals surface area contributed by atoms with Gasteiger partial charge in [-0.3, -0.25) is 14.5 Å². The molecule has 4 rings (SSSR count). The standard InChI is InChI=1S/C23H25N3O2S/c1-14-6-4-9-17(12-14)24-23-26(18-10-11-18)22(28)19(29-23)13-20(27)25-21-15(2)7-5-8-16(21)3/h4-9,12,18-19H,10-11,13H2,1-3H3,(H,25,27)/t19-/m0/s1. The molecule has 1 N–H and O–H groups in total. The third-order valence-electron chi connectivity index (χ3n) is 5.22. The number of amides is 2. The fraction of sp³-hybridized carbons (Fsp3) is 0.348.